The topological polar surface area (TPSA) is 67.4 Å². The van der Waals surface area contributed by atoms with Gasteiger partial charge in [-0.25, -0.2) is 0 Å². The highest BCUT2D eigenvalue weighted by molar-refractivity contribution is 5.85. The molecule has 0 spiro atoms. The summed E-state index contributed by atoms with van der Waals surface area (Å²) >= 11 is 0. The van der Waals surface area contributed by atoms with Crippen molar-refractivity contribution in [2.75, 3.05) is 20.2 Å². The molecule has 0 aromatic rings. The molecule has 0 aliphatic carbocycles. The largest absolute Gasteiger partial charge is 0.469 e. The van der Waals surface area contributed by atoms with Crippen molar-refractivity contribution in [3.05, 3.63) is 0 Å². The Morgan fingerprint density at radius 2 is 2.19 bits per heavy atom. The van der Waals surface area contributed by atoms with E-state index in [1.54, 1.807) is 0 Å². The molecule has 0 radical (unpaired) electrons. The molecule has 1 heterocycles. The lowest BCUT2D eigenvalue weighted by molar-refractivity contribution is -0.140. The Balaban J connectivity index is 0.00000225. The standard InChI is InChI=1S/C10H18N2O3.ClH/c1-15-9(13)5-7-12-10(14)8-4-2-3-6-11-8;/h8,11H,2-7H2,1H3,(H,12,14);1H/t8-;/m0./s1. The van der Waals surface area contributed by atoms with E-state index in [4.69, 9.17) is 0 Å². The normalized spacial score (nSPS) is 19.4. The van der Waals surface area contributed by atoms with Gasteiger partial charge in [0.2, 0.25) is 5.91 Å². The van der Waals surface area contributed by atoms with Gasteiger partial charge >= 0.3 is 5.97 Å². The number of carbonyl (C=O) groups is 2. The van der Waals surface area contributed by atoms with Gasteiger partial charge in [-0.1, -0.05) is 6.42 Å². The Labute approximate surface area is 102 Å². The number of halogens is 1. The zero-order chi connectivity index (χ0) is 11.1. The summed E-state index contributed by atoms with van der Waals surface area (Å²) in [6.07, 6.45) is 3.33. The molecule has 0 aromatic heterocycles. The summed E-state index contributed by atoms with van der Waals surface area (Å²) in [6, 6.07) is -0.0867. The first-order chi connectivity index (χ1) is 7.24. The van der Waals surface area contributed by atoms with E-state index in [-0.39, 0.29) is 36.7 Å². The Kier molecular flexibility index (Phi) is 7.93. The van der Waals surface area contributed by atoms with Crippen molar-refractivity contribution >= 4 is 24.3 Å². The van der Waals surface area contributed by atoms with Gasteiger partial charge in [-0.05, 0) is 19.4 Å². The van der Waals surface area contributed by atoms with Crippen LogP contribution in [0.3, 0.4) is 0 Å². The highest BCUT2D eigenvalue weighted by Crippen LogP contribution is 2.06. The Hall–Kier alpha value is -0.810. The number of hydrogen-bond acceptors (Lipinski definition) is 4. The first-order valence-electron chi connectivity index (χ1n) is 5.32. The number of amides is 1. The monoisotopic (exact) mass is 250 g/mol. The smallest absolute Gasteiger partial charge is 0.307 e. The highest BCUT2D eigenvalue weighted by atomic mass is 35.5. The van der Waals surface area contributed by atoms with Crippen LogP contribution in [0.4, 0.5) is 0 Å². The van der Waals surface area contributed by atoms with Crippen molar-refractivity contribution in [2.24, 2.45) is 0 Å². The maximum atomic E-state index is 11.5. The Bertz CT molecular complexity index is 230. The van der Waals surface area contributed by atoms with Gasteiger partial charge in [0.05, 0.1) is 19.6 Å². The van der Waals surface area contributed by atoms with Crippen LogP contribution >= 0.6 is 12.4 Å². The number of methoxy groups -OCH3 is 1. The molecule has 1 atom stereocenters. The van der Waals surface area contributed by atoms with E-state index < -0.39 is 0 Å². The molecule has 1 aliphatic rings. The van der Waals surface area contributed by atoms with Crippen molar-refractivity contribution in [1.29, 1.82) is 0 Å². The summed E-state index contributed by atoms with van der Waals surface area (Å²) in [5, 5.41) is 5.86. The molecule has 1 amide bonds. The summed E-state index contributed by atoms with van der Waals surface area (Å²) in [5.74, 6) is -0.314. The molecule has 5 nitrogen and oxygen atoms in total. The molecule has 2 N–H and O–H groups in total. The molecule has 0 aromatic carbocycles. The van der Waals surface area contributed by atoms with Crippen LogP contribution < -0.4 is 10.6 Å². The van der Waals surface area contributed by atoms with Gasteiger partial charge < -0.3 is 15.4 Å². The molecule has 0 bridgehead atoms. The maximum Gasteiger partial charge on any atom is 0.307 e. The van der Waals surface area contributed by atoms with Crippen LogP contribution in [0.15, 0.2) is 0 Å². The Morgan fingerprint density at radius 3 is 2.75 bits per heavy atom. The highest BCUT2D eigenvalue weighted by Gasteiger charge is 2.19. The number of ether oxygens (including phenoxy) is 1. The quantitative estimate of drug-likeness (QED) is 0.701. The molecule has 1 rings (SSSR count). The SMILES string of the molecule is COC(=O)CCNC(=O)[C@@H]1CCCCN1.Cl. The number of nitrogens with one attached hydrogen (secondary N) is 2. The lowest BCUT2D eigenvalue weighted by Gasteiger charge is -2.22. The predicted octanol–water partition coefficient (Wildman–Crippen LogP) is 0.230. The van der Waals surface area contributed by atoms with Gasteiger partial charge in [-0.15, -0.1) is 12.4 Å². The second-order valence-corrected chi connectivity index (χ2v) is 3.62. The van der Waals surface area contributed by atoms with Gasteiger partial charge in [0.15, 0.2) is 0 Å². The number of hydrogen-bond donors (Lipinski definition) is 2. The van der Waals surface area contributed by atoms with Crippen molar-refractivity contribution in [2.45, 2.75) is 31.7 Å². The zero-order valence-corrected chi connectivity index (χ0v) is 10.3. The van der Waals surface area contributed by atoms with Crippen LogP contribution in [0.25, 0.3) is 0 Å². The van der Waals surface area contributed by atoms with Crippen molar-refractivity contribution in [3.8, 4) is 0 Å². The second kappa shape index (κ2) is 8.35. The number of piperidine rings is 1. The minimum atomic E-state index is -0.299. The van der Waals surface area contributed by atoms with E-state index >= 15 is 0 Å². The summed E-state index contributed by atoms with van der Waals surface area (Å²) in [6.45, 7) is 1.25. The number of esters is 1. The fraction of sp³-hybridized carbons (Fsp3) is 0.800. The van der Waals surface area contributed by atoms with Crippen LogP contribution in [0.2, 0.25) is 0 Å². The minimum Gasteiger partial charge on any atom is -0.469 e. The van der Waals surface area contributed by atoms with Crippen LogP contribution in [0.5, 0.6) is 0 Å². The first-order valence-corrected chi connectivity index (χ1v) is 5.32. The molecular formula is C10H19ClN2O3. The zero-order valence-electron chi connectivity index (χ0n) is 9.45. The van der Waals surface area contributed by atoms with Crippen LogP contribution in [-0.2, 0) is 14.3 Å². The van der Waals surface area contributed by atoms with Gasteiger partial charge in [-0.2, -0.15) is 0 Å². The van der Waals surface area contributed by atoms with Crippen molar-refractivity contribution in [3.63, 3.8) is 0 Å². The average Bonchev–Trinajstić information content (AvgIpc) is 2.29. The third kappa shape index (κ3) is 5.32. The van der Waals surface area contributed by atoms with Crippen LogP contribution in [0, 0.1) is 0 Å². The van der Waals surface area contributed by atoms with E-state index in [0.717, 1.165) is 25.8 Å². The molecule has 94 valence electrons. The van der Waals surface area contributed by atoms with Gasteiger partial charge in [0, 0.05) is 6.54 Å². The third-order valence-corrected chi connectivity index (χ3v) is 2.48. The fourth-order valence-electron chi connectivity index (χ4n) is 1.59. The van der Waals surface area contributed by atoms with Crippen molar-refractivity contribution in [1.82, 2.24) is 10.6 Å². The van der Waals surface area contributed by atoms with E-state index in [9.17, 15) is 9.59 Å². The Morgan fingerprint density at radius 1 is 1.44 bits per heavy atom. The van der Waals surface area contributed by atoms with E-state index in [1.165, 1.54) is 7.11 Å². The summed E-state index contributed by atoms with van der Waals surface area (Å²) in [5.41, 5.74) is 0. The van der Waals surface area contributed by atoms with E-state index in [0.29, 0.717) is 6.54 Å². The molecule has 0 unspecified atom stereocenters. The lowest BCUT2D eigenvalue weighted by atomic mass is 10.0. The predicted molar refractivity (Wildman–Crippen MR) is 62.5 cm³/mol. The lowest BCUT2D eigenvalue weighted by Crippen LogP contribution is -2.47. The van der Waals surface area contributed by atoms with Gasteiger partial charge in [0.1, 0.15) is 0 Å². The third-order valence-electron chi connectivity index (χ3n) is 2.48. The molecule has 1 aliphatic heterocycles. The summed E-state index contributed by atoms with van der Waals surface area (Å²) in [7, 11) is 1.34. The number of rotatable bonds is 4. The van der Waals surface area contributed by atoms with Crippen molar-refractivity contribution < 1.29 is 14.3 Å². The molecular weight excluding hydrogens is 232 g/mol. The maximum absolute atomic E-state index is 11.5. The molecule has 16 heavy (non-hydrogen) atoms. The second-order valence-electron chi connectivity index (χ2n) is 3.62. The van der Waals surface area contributed by atoms with Crippen LogP contribution in [0.1, 0.15) is 25.7 Å². The minimum absolute atomic E-state index is 0. The van der Waals surface area contributed by atoms with E-state index in [2.05, 4.69) is 15.4 Å². The average molecular weight is 251 g/mol. The summed E-state index contributed by atoms with van der Waals surface area (Å²) < 4.78 is 4.47. The fourth-order valence-corrected chi connectivity index (χ4v) is 1.59. The summed E-state index contributed by atoms with van der Waals surface area (Å²) in [4.78, 5) is 22.3. The van der Waals surface area contributed by atoms with Crippen LogP contribution in [-0.4, -0.2) is 38.1 Å². The molecule has 0 saturated carbocycles. The number of carbonyl (C=O) groups excluding carboxylic acids is 2. The van der Waals surface area contributed by atoms with Gasteiger partial charge in [0.25, 0.3) is 0 Å². The van der Waals surface area contributed by atoms with E-state index in [1.807, 2.05) is 0 Å². The molecule has 1 fully saturated rings. The molecule has 6 heteroatoms. The molecule has 1 saturated heterocycles. The van der Waals surface area contributed by atoms with Gasteiger partial charge in [-0.3, -0.25) is 9.59 Å². The first kappa shape index (κ1) is 15.2.